The van der Waals surface area contributed by atoms with Crippen molar-refractivity contribution in [3.63, 3.8) is 0 Å². The van der Waals surface area contributed by atoms with E-state index in [4.69, 9.17) is 34.7 Å². The van der Waals surface area contributed by atoms with Gasteiger partial charge in [-0.1, -0.05) is 29.8 Å². The van der Waals surface area contributed by atoms with E-state index in [0.29, 0.717) is 21.4 Å². The summed E-state index contributed by atoms with van der Waals surface area (Å²) in [6.45, 7) is 8.31. The van der Waals surface area contributed by atoms with E-state index in [0.717, 1.165) is 48.6 Å². The number of nitrogen functional groups attached to an aromatic ring is 2. The van der Waals surface area contributed by atoms with Crippen molar-refractivity contribution in [1.82, 2.24) is 0 Å². The molecule has 27 heavy (non-hydrogen) atoms. The highest BCUT2D eigenvalue weighted by Crippen LogP contribution is 2.23. The molecule has 5 nitrogen and oxygen atoms in total. The van der Waals surface area contributed by atoms with Gasteiger partial charge in [0.25, 0.3) is 0 Å². The Morgan fingerprint density at radius 3 is 1.74 bits per heavy atom. The lowest BCUT2D eigenvalue weighted by Crippen LogP contribution is -2.49. The predicted octanol–water partition coefficient (Wildman–Crippen LogP) is 4.31. The Morgan fingerprint density at radius 2 is 1.37 bits per heavy atom. The Hall–Kier alpha value is -2.08. The van der Waals surface area contributed by atoms with Gasteiger partial charge in [-0.3, -0.25) is 0 Å². The number of hydrogen-bond acceptors (Lipinski definition) is 4. The second-order valence-corrected chi connectivity index (χ2v) is 7.68. The number of quaternary nitrogens is 1. The van der Waals surface area contributed by atoms with Crippen LogP contribution < -0.4 is 22.1 Å². The fourth-order valence-electron chi connectivity index (χ4n) is 2.82. The van der Waals surface area contributed by atoms with Gasteiger partial charge in [0.15, 0.2) is 0 Å². The molecule has 0 saturated carbocycles. The van der Waals surface area contributed by atoms with Crippen molar-refractivity contribution in [3.8, 4) is 0 Å². The maximum absolute atomic E-state index is 6.07. The molecule has 0 bridgehead atoms. The van der Waals surface area contributed by atoms with Crippen molar-refractivity contribution >= 4 is 46.0 Å². The first-order chi connectivity index (χ1) is 12.8. The van der Waals surface area contributed by atoms with Crippen LogP contribution in [0.1, 0.15) is 0 Å². The average Bonchev–Trinajstić information content (AvgIpc) is 2.61. The number of anilines is 4. The minimum Gasteiger partial charge on any atom is -0.398 e. The lowest BCUT2D eigenvalue weighted by Gasteiger charge is -2.34. The van der Waals surface area contributed by atoms with Gasteiger partial charge in [0.2, 0.25) is 0 Å². The first-order valence-corrected chi connectivity index (χ1v) is 9.61. The first-order valence-electron chi connectivity index (χ1n) is 8.85. The molecule has 0 fully saturated rings. The quantitative estimate of drug-likeness (QED) is 0.268. The Balaban J connectivity index is 1.86. The van der Waals surface area contributed by atoms with Crippen molar-refractivity contribution in [2.24, 2.45) is 0 Å². The average molecular weight is 409 g/mol. The molecule has 0 aliphatic rings. The predicted molar refractivity (Wildman–Crippen MR) is 120 cm³/mol. The molecule has 0 atom stereocenters. The van der Waals surface area contributed by atoms with Crippen LogP contribution in [0.4, 0.5) is 22.7 Å². The number of nitrogens with zero attached hydrogens (tertiary/aromatic N) is 1. The molecule has 7 heteroatoms. The molecule has 0 heterocycles. The van der Waals surface area contributed by atoms with Crippen LogP contribution >= 0.6 is 23.2 Å². The second-order valence-electron chi connectivity index (χ2n) is 6.86. The molecule has 2 aromatic rings. The minimum atomic E-state index is 0.565. The Labute approximate surface area is 171 Å². The van der Waals surface area contributed by atoms with E-state index in [1.807, 2.05) is 42.5 Å². The molecule has 0 aliphatic heterocycles. The van der Waals surface area contributed by atoms with Gasteiger partial charge in [-0.15, -0.1) is 0 Å². The highest BCUT2D eigenvalue weighted by atomic mass is 35.5. The van der Waals surface area contributed by atoms with E-state index >= 15 is 0 Å². The van der Waals surface area contributed by atoms with Crippen LogP contribution in [0.2, 0.25) is 10.0 Å². The molecule has 0 aromatic heterocycles. The van der Waals surface area contributed by atoms with Crippen LogP contribution in [0, 0.1) is 0 Å². The number of hydrogen-bond donors (Lipinski definition) is 4. The molecular formula is C20H28Cl2N5+. The van der Waals surface area contributed by atoms with Crippen LogP contribution in [0.5, 0.6) is 0 Å². The highest BCUT2D eigenvalue weighted by molar-refractivity contribution is 6.33. The summed E-state index contributed by atoms with van der Waals surface area (Å²) in [5.41, 5.74) is 14.6. The van der Waals surface area contributed by atoms with Gasteiger partial charge >= 0.3 is 0 Å². The summed E-state index contributed by atoms with van der Waals surface area (Å²) in [7, 11) is 2.22. The zero-order valence-electron chi connectivity index (χ0n) is 15.6. The van der Waals surface area contributed by atoms with Crippen LogP contribution in [0.15, 0.2) is 49.1 Å². The van der Waals surface area contributed by atoms with E-state index < -0.39 is 0 Å². The topological polar surface area (TPSA) is 76.1 Å². The molecule has 0 saturated heterocycles. The number of halogens is 2. The number of benzene rings is 2. The monoisotopic (exact) mass is 408 g/mol. The molecular weight excluding hydrogens is 381 g/mol. The van der Waals surface area contributed by atoms with Gasteiger partial charge in [0.1, 0.15) is 0 Å². The molecule has 6 N–H and O–H groups in total. The molecule has 2 rings (SSSR count). The Morgan fingerprint density at radius 1 is 0.926 bits per heavy atom. The van der Waals surface area contributed by atoms with Gasteiger partial charge in [-0.05, 0) is 42.5 Å². The van der Waals surface area contributed by atoms with Crippen LogP contribution in [-0.2, 0) is 0 Å². The lowest BCUT2D eigenvalue weighted by molar-refractivity contribution is -0.900. The molecule has 0 amide bonds. The largest absolute Gasteiger partial charge is 0.398 e. The van der Waals surface area contributed by atoms with Gasteiger partial charge in [-0.25, -0.2) is 0 Å². The zero-order valence-corrected chi connectivity index (χ0v) is 17.2. The van der Waals surface area contributed by atoms with Gasteiger partial charge in [-0.2, -0.15) is 0 Å². The van der Waals surface area contributed by atoms with Gasteiger partial charge < -0.3 is 26.6 Å². The fraction of sp³-hybridized carbons (Fsp3) is 0.300. The molecule has 146 valence electrons. The summed E-state index contributed by atoms with van der Waals surface area (Å²) in [5, 5.41) is 7.94. The third-order valence-corrected chi connectivity index (χ3v) is 5.19. The van der Waals surface area contributed by atoms with E-state index in [2.05, 4.69) is 24.3 Å². The number of nitrogens with one attached hydrogen (secondary N) is 2. The molecule has 0 aliphatic carbocycles. The zero-order chi connectivity index (χ0) is 19.9. The first kappa shape index (κ1) is 21.2. The van der Waals surface area contributed by atoms with E-state index in [-0.39, 0.29) is 0 Å². The minimum absolute atomic E-state index is 0.565. The maximum atomic E-state index is 6.07. The van der Waals surface area contributed by atoms with Crippen molar-refractivity contribution in [2.45, 2.75) is 0 Å². The standard InChI is InChI=1S/C20H28Cl2N5/c1-3-10-27(2,11-8-25-15-4-6-19(23)17(21)13-15)12-9-26-16-5-7-20(24)18(22)14-16/h3-7,13-14,25-26H,1,8-12,23-24H2,2H3/q+1. The summed E-state index contributed by atoms with van der Waals surface area (Å²) in [6, 6.07) is 11.2. The van der Waals surface area contributed by atoms with Crippen LogP contribution in [-0.4, -0.2) is 44.3 Å². The second kappa shape index (κ2) is 9.74. The number of likely N-dealkylation sites (N-methyl/N-ethyl adjacent to an activating group) is 1. The fourth-order valence-corrected chi connectivity index (χ4v) is 3.18. The normalized spacial score (nSPS) is 11.2. The summed E-state index contributed by atoms with van der Waals surface area (Å²) >= 11 is 12.1. The SMILES string of the molecule is C=CC[N+](C)(CCNc1ccc(N)c(Cl)c1)CCNc1ccc(N)c(Cl)c1. The third kappa shape index (κ3) is 6.54. The summed E-state index contributed by atoms with van der Waals surface area (Å²) in [6.07, 6.45) is 1.96. The van der Waals surface area contributed by atoms with Gasteiger partial charge in [0.05, 0.1) is 61.2 Å². The molecule has 0 spiro atoms. The summed E-state index contributed by atoms with van der Waals surface area (Å²) in [4.78, 5) is 0. The van der Waals surface area contributed by atoms with Crippen molar-refractivity contribution in [2.75, 3.05) is 61.9 Å². The Bertz CT molecular complexity index is 721. The van der Waals surface area contributed by atoms with E-state index in [1.165, 1.54) is 0 Å². The number of rotatable bonds is 10. The smallest absolute Gasteiger partial charge is 0.0970 e. The van der Waals surface area contributed by atoms with Crippen LogP contribution in [0.3, 0.4) is 0 Å². The van der Waals surface area contributed by atoms with E-state index in [9.17, 15) is 0 Å². The van der Waals surface area contributed by atoms with Crippen molar-refractivity contribution < 1.29 is 4.48 Å². The molecule has 2 aromatic carbocycles. The Kier molecular flexibility index (Phi) is 7.66. The van der Waals surface area contributed by atoms with E-state index in [1.54, 1.807) is 0 Å². The van der Waals surface area contributed by atoms with Crippen molar-refractivity contribution in [1.29, 1.82) is 0 Å². The summed E-state index contributed by atoms with van der Waals surface area (Å²) < 4.78 is 0.856. The lowest BCUT2D eigenvalue weighted by atomic mass is 10.2. The molecule has 0 unspecified atom stereocenters. The number of nitrogens with two attached hydrogens (primary N) is 2. The van der Waals surface area contributed by atoms with Gasteiger partial charge in [0, 0.05) is 11.4 Å². The third-order valence-electron chi connectivity index (χ3n) is 4.53. The summed E-state index contributed by atoms with van der Waals surface area (Å²) in [5.74, 6) is 0. The van der Waals surface area contributed by atoms with Crippen molar-refractivity contribution in [3.05, 3.63) is 59.1 Å². The highest BCUT2D eigenvalue weighted by Gasteiger charge is 2.19. The van der Waals surface area contributed by atoms with Crippen LogP contribution in [0.25, 0.3) is 0 Å². The maximum Gasteiger partial charge on any atom is 0.0970 e. The molecule has 0 radical (unpaired) electrons.